The van der Waals surface area contributed by atoms with Gasteiger partial charge in [0, 0.05) is 12.2 Å². The molecule has 1 heterocycles. The summed E-state index contributed by atoms with van der Waals surface area (Å²) in [5.74, 6) is 0.205. The van der Waals surface area contributed by atoms with Crippen LogP contribution in [0.1, 0.15) is 17.0 Å². The van der Waals surface area contributed by atoms with E-state index in [0.717, 1.165) is 17.7 Å². The van der Waals surface area contributed by atoms with Crippen LogP contribution in [-0.2, 0) is 6.42 Å². The lowest BCUT2D eigenvalue weighted by Gasteiger charge is -2.06. The van der Waals surface area contributed by atoms with Crippen LogP contribution in [0.4, 0.5) is 10.3 Å². The van der Waals surface area contributed by atoms with Gasteiger partial charge in [-0.3, -0.25) is 0 Å². The second-order valence-corrected chi connectivity index (χ2v) is 4.13. The molecule has 0 spiro atoms. The molecule has 0 aliphatic heterocycles. The van der Waals surface area contributed by atoms with E-state index in [2.05, 4.69) is 15.3 Å². The number of rotatable bonds is 4. The summed E-state index contributed by atoms with van der Waals surface area (Å²) in [6.45, 7) is 2.44. The van der Waals surface area contributed by atoms with Gasteiger partial charge in [-0.25, -0.2) is 14.4 Å². The van der Waals surface area contributed by atoms with Crippen LogP contribution >= 0.6 is 0 Å². The Bertz CT molecular complexity index is 602. The normalized spacial score (nSPS) is 9.95. The van der Waals surface area contributed by atoms with Crippen LogP contribution in [-0.4, -0.2) is 16.5 Å². The largest absolute Gasteiger partial charge is 0.354 e. The summed E-state index contributed by atoms with van der Waals surface area (Å²) in [7, 11) is 0. The number of nitrogens with zero attached hydrogens (tertiary/aromatic N) is 3. The predicted molar refractivity (Wildman–Crippen MR) is 70.1 cm³/mol. The van der Waals surface area contributed by atoms with E-state index < -0.39 is 0 Å². The maximum Gasteiger partial charge on any atom is 0.224 e. The summed E-state index contributed by atoms with van der Waals surface area (Å²) in [5.41, 5.74) is 2.12. The fourth-order valence-corrected chi connectivity index (χ4v) is 1.67. The fourth-order valence-electron chi connectivity index (χ4n) is 1.67. The Labute approximate surface area is 110 Å². The first kappa shape index (κ1) is 13.0. The minimum atomic E-state index is -0.239. The molecule has 0 aliphatic rings. The molecule has 0 saturated heterocycles. The molecule has 1 N–H and O–H groups in total. The van der Waals surface area contributed by atoms with Gasteiger partial charge in [0.25, 0.3) is 0 Å². The van der Waals surface area contributed by atoms with Crippen molar-refractivity contribution in [1.82, 2.24) is 9.97 Å². The van der Waals surface area contributed by atoms with Gasteiger partial charge in [-0.05, 0) is 37.1 Å². The van der Waals surface area contributed by atoms with E-state index in [1.807, 2.05) is 13.0 Å². The van der Waals surface area contributed by atoms with E-state index in [1.54, 1.807) is 18.2 Å². The number of hydrogen-bond acceptors (Lipinski definition) is 4. The van der Waals surface area contributed by atoms with Crippen molar-refractivity contribution in [2.45, 2.75) is 13.3 Å². The summed E-state index contributed by atoms with van der Waals surface area (Å²) >= 11 is 0. The van der Waals surface area contributed by atoms with E-state index in [1.165, 1.54) is 12.1 Å². The van der Waals surface area contributed by atoms with Crippen molar-refractivity contribution in [2.75, 3.05) is 11.9 Å². The molecule has 19 heavy (non-hydrogen) atoms. The fraction of sp³-hybridized carbons (Fsp3) is 0.214. The molecule has 5 heteroatoms. The number of nitriles is 1. The number of hydrogen-bond donors (Lipinski definition) is 1. The van der Waals surface area contributed by atoms with Crippen molar-refractivity contribution >= 4 is 5.95 Å². The molecule has 0 aliphatic carbocycles. The number of anilines is 1. The standard InChI is InChI=1S/C14H13FN4/c1-10-8-13(9-16)19-14(18-10)17-7-6-11-2-4-12(15)5-3-11/h2-5,8H,6-7H2,1H3,(H,17,18,19). The van der Waals surface area contributed by atoms with Gasteiger partial charge in [-0.1, -0.05) is 12.1 Å². The molecule has 0 atom stereocenters. The zero-order valence-corrected chi connectivity index (χ0v) is 10.5. The van der Waals surface area contributed by atoms with Crippen molar-refractivity contribution < 1.29 is 4.39 Å². The summed E-state index contributed by atoms with van der Waals surface area (Å²) < 4.78 is 12.7. The van der Waals surface area contributed by atoms with E-state index in [9.17, 15) is 4.39 Å². The highest BCUT2D eigenvalue weighted by atomic mass is 19.1. The molecule has 0 radical (unpaired) electrons. The number of halogens is 1. The Balaban J connectivity index is 1.94. The van der Waals surface area contributed by atoms with Gasteiger partial charge < -0.3 is 5.32 Å². The van der Waals surface area contributed by atoms with Crippen LogP contribution in [0.2, 0.25) is 0 Å². The quantitative estimate of drug-likeness (QED) is 0.912. The second kappa shape index (κ2) is 5.91. The van der Waals surface area contributed by atoms with Crippen molar-refractivity contribution in [1.29, 1.82) is 5.26 Å². The number of benzene rings is 1. The molecule has 96 valence electrons. The van der Waals surface area contributed by atoms with Crippen LogP contribution in [0.15, 0.2) is 30.3 Å². The first-order valence-corrected chi connectivity index (χ1v) is 5.91. The Morgan fingerprint density at radius 1 is 1.26 bits per heavy atom. The highest BCUT2D eigenvalue weighted by molar-refractivity contribution is 5.33. The maximum absolute atomic E-state index is 12.7. The molecule has 2 aromatic rings. The van der Waals surface area contributed by atoms with Gasteiger partial charge in [-0.15, -0.1) is 0 Å². The molecule has 0 bridgehead atoms. The van der Waals surface area contributed by atoms with E-state index in [4.69, 9.17) is 5.26 Å². The first-order valence-electron chi connectivity index (χ1n) is 5.91. The third-order valence-electron chi connectivity index (χ3n) is 2.58. The smallest absolute Gasteiger partial charge is 0.224 e. The van der Waals surface area contributed by atoms with Crippen LogP contribution in [0.25, 0.3) is 0 Å². The highest BCUT2D eigenvalue weighted by Gasteiger charge is 2.01. The molecule has 2 rings (SSSR count). The van der Waals surface area contributed by atoms with Crippen LogP contribution in [0.3, 0.4) is 0 Å². The summed E-state index contributed by atoms with van der Waals surface area (Å²) in [4.78, 5) is 8.25. The number of nitrogens with one attached hydrogen (secondary N) is 1. The van der Waals surface area contributed by atoms with Gasteiger partial charge >= 0.3 is 0 Å². The van der Waals surface area contributed by atoms with Gasteiger partial charge in [0.05, 0.1) is 0 Å². The van der Waals surface area contributed by atoms with Gasteiger partial charge in [0.15, 0.2) is 0 Å². The molecular weight excluding hydrogens is 243 g/mol. The highest BCUT2D eigenvalue weighted by Crippen LogP contribution is 2.06. The molecule has 4 nitrogen and oxygen atoms in total. The average molecular weight is 256 g/mol. The van der Waals surface area contributed by atoms with Crippen molar-refractivity contribution in [3.63, 3.8) is 0 Å². The number of aromatic nitrogens is 2. The third kappa shape index (κ3) is 3.75. The Hall–Kier alpha value is -2.48. The van der Waals surface area contributed by atoms with Crippen LogP contribution < -0.4 is 5.32 Å². The Kier molecular flexibility index (Phi) is 4.04. The lowest BCUT2D eigenvalue weighted by molar-refractivity contribution is 0.627. The summed E-state index contributed by atoms with van der Waals surface area (Å²) in [6, 6.07) is 9.98. The lowest BCUT2D eigenvalue weighted by Crippen LogP contribution is -2.09. The van der Waals surface area contributed by atoms with Gasteiger partial charge in [-0.2, -0.15) is 5.26 Å². The van der Waals surface area contributed by atoms with Crippen molar-refractivity contribution in [3.8, 4) is 6.07 Å². The summed E-state index contributed by atoms with van der Waals surface area (Å²) in [5, 5.41) is 11.9. The van der Waals surface area contributed by atoms with Crippen LogP contribution in [0, 0.1) is 24.1 Å². The molecule has 0 amide bonds. The maximum atomic E-state index is 12.7. The first-order chi connectivity index (χ1) is 9.17. The summed E-state index contributed by atoms with van der Waals surface area (Å²) in [6.07, 6.45) is 0.736. The zero-order valence-electron chi connectivity index (χ0n) is 10.5. The predicted octanol–water partition coefficient (Wildman–Crippen LogP) is 2.45. The van der Waals surface area contributed by atoms with Crippen molar-refractivity contribution in [2.24, 2.45) is 0 Å². The zero-order chi connectivity index (χ0) is 13.7. The topological polar surface area (TPSA) is 61.6 Å². The minimum absolute atomic E-state index is 0.239. The van der Waals surface area contributed by atoms with Crippen LogP contribution in [0.5, 0.6) is 0 Å². The average Bonchev–Trinajstić information content (AvgIpc) is 2.40. The lowest BCUT2D eigenvalue weighted by atomic mass is 10.1. The van der Waals surface area contributed by atoms with E-state index in [0.29, 0.717) is 18.2 Å². The molecule has 1 aromatic carbocycles. The van der Waals surface area contributed by atoms with E-state index in [-0.39, 0.29) is 5.82 Å². The molecule has 0 saturated carbocycles. The molecule has 1 aromatic heterocycles. The minimum Gasteiger partial charge on any atom is -0.354 e. The Morgan fingerprint density at radius 3 is 2.68 bits per heavy atom. The van der Waals surface area contributed by atoms with Gasteiger partial charge in [0.1, 0.15) is 17.6 Å². The van der Waals surface area contributed by atoms with Gasteiger partial charge in [0.2, 0.25) is 5.95 Å². The number of aryl methyl sites for hydroxylation is 1. The molecule has 0 unspecified atom stereocenters. The molecule has 0 fully saturated rings. The third-order valence-corrected chi connectivity index (χ3v) is 2.58. The second-order valence-electron chi connectivity index (χ2n) is 4.13. The monoisotopic (exact) mass is 256 g/mol. The van der Waals surface area contributed by atoms with E-state index >= 15 is 0 Å². The SMILES string of the molecule is Cc1cc(C#N)nc(NCCc2ccc(F)cc2)n1. The Morgan fingerprint density at radius 2 is 2.00 bits per heavy atom. The van der Waals surface area contributed by atoms with Crippen molar-refractivity contribution in [3.05, 3.63) is 53.1 Å². The molecular formula is C14H13FN4.